The summed E-state index contributed by atoms with van der Waals surface area (Å²) in [6.07, 6.45) is 9.69. The molecule has 24 heavy (non-hydrogen) atoms. The molecule has 0 aromatic rings. The van der Waals surface area contributed by atoms with Gasteiger partial charge in [0.25, 0.3) is 0 Å². The third-order valence-electron chi connectivity index (χ3n) is 9.42. The fraction of sp³-hybridized carbons (Fsp3) is 0.955. The van der Waals surface area contributed by atoms with Crippen LogP contribution < -0.4 is 0 Å². The minimum absolute atomic E-state index is 0.0536. The van der Waals surface area contributed by atoms with E-state index in [1.807, 2.05) is 6.92 Å². The second-order valence-corrected chi connectivity index (χ2v) is 10.4. The van der Waals surface area contributed by atoms with E-state index in [0.717, 1.165) is 36.5 Å². The Labute approximate surface area is 147 Å². The van der Waals surface area contributed by atoms with E-state index in [0.29, 0.717) is 23.0 Å². The van der Waals surface area contributed by atoms with Crippen molar-refractivity contribution in [3.05, 3.63) is 0 Å². The maximum Gasteiger partial charge on any atom is 0.133 e. The zero-order chi connectivity index (χ0) is 17.3. The molecule has 0 heterocycles. The van der Waals surface area contributed by atoms with Crippen molar-refractivity contribution >= 4 is 5.78 Å². The van der Waals surface area contributed by atoms with Crippen LogP contribution in [0.1, 0.15) is 79.1 Å². The first-order chi connectivity index (χ1) is 11.3. The predicted molar refractivity (Wildman–Crippen MR) is 96.5 cm³/mol. The first-order valence-corrected chi connectivity index (χ1v) is 10.5. The number of Topliss-reactive ketones (excluding diaryl/α,β-unsaturated/α-hetero) is 1. The van der Waals surface area contributed by atoms with Crippen molar-refractivity contribution < 1.29 is 9.90 Å². The average molecular weight is 333 g/mol. The highest BCUT2D eigenvalue weighted by Crippen LogP contribution is 2.68. The molecule has 4 aliphatic rings. The minimum Gasteiger partial charge on any atom is -0.393 e. The summed E-state index contributed by atoms with van der Waals surface area (Å²) in [5.74, 6) is 4.44. The van der Waals surface area contributed by atoms with Gasteiger partial charge in [-0.05, 0) is 98.7 Å². The fourth-order valence-corrected chi connectivity index (χ4v) is 8.46. The Hall–Kier alpha value is -0.370. The van der Waals surface area contributed by atoms with E-state index >= 15 is 0 Å². The van der Waals surface area contributed by atoms with Crippen LogP contribution in [-0.4, -0.2) is 17.0 Å². The van der Waals surface area contributed by atoms with Gasteiger partial charge in [0.15, 0.2) is 0 Å². The molecule has 0 spiro atoms. The summed E-state index contributed by atoms with van der Waals surface area (Å²) in [5, 5.41) is 10.1. The van der Waals surface area contributed by atoms with Crippen molar-refractivity contribution in [1.29, 1.82) is 0 Å². The lowest BCUT2D eigenvalue weighted by Crippen LogP contribution is -2.54. The maximum atomic E-state index is 12.4. The Morgan fingerprint density at radius 3 is 2.38 bits per heavy atom. The summed E-state index contributed by atoms with van der Waals surface area (Å²) >= 11 is 0. The molecule has 4 aliphatic carbocycles. The molecule has 0 aromatic carbocycles. The Kier molecular flexibility index (Phi) is 3.95. The molecule has 0 amide bonds. The molecule has 4 rings (SSSR count). The third-order valence-corrected chi connectivity index (χ3v) is 9.42. The quantitative estimate of drug-likeness (QED) is 0.746. The lowest BCUT2D eigenvalue weighted by atomic mass is 9.44. The molecule has 136 valence electrons. The van der Waals surface area contributed by atoms with Crippen molar-refractivity contribution in [3.8, 4) is 0 Å². The van der Waals surface area contributed by atoms with Crippen LogP contribution in [0.2, 0.25) is 0 Å². The summed E-state index contributed by atoms with van der Waals surface area (Å²) in [6, 6.07) is 0. The first kappa shape index (κ1) is 17.1. The van der Waals surface area contributed by atoms with Crippen LogP contribution in [0.5, 0.6) is 0 Å². The molecule has 0 saturated heterocycles. The van der Waals surface area contributed by atoms with Gasteiger partial charge in [0, 0.05) is 5.92 Å². The minimum atomic E-state index is -0.0536. The van der Waals surface area contributed by atoms with Gasteiger partial charge in [0.2, 0.25) is 0 Å². The normalized spacial score (nSPS) is 57.0. The van der Waals surface area contributed by atoms with Crippen LogP contribution >= 0.6 is 0 Å². The lowest BCUT2D eigenvalue weighted by Gasteiger charge is -2.60. The Morgan fingerprint density at radius 1 is 0.958 bits per heavy atom. The van der Waals surface area contributed by atoms with Gasteiger partial charge in [0.1, 0.15) is 5.78 Å². The van der Waals surface area contributed by atoms with Gasteiger partial charge in [-0.3, -0.25) is 4.79 Å². The maximum absolute atomic E-state index is 12.4. The number of rotatable bonds is 1. The van der Waals surface area contributed by atoms with E-state index in [1.165, 1.54) is 38.5 Å². The number of aliphatic hydroxyl groups is 1. The van der Waals surface area contributed by atoms with Crippen molar-refractivity contribution in [1.82, 2.24) is 0 Å². The summed E-state index contributed by atoms with van der Waals surface area (Å²) in [7, 11) is 0. The Morgan fingerprint density at radius 2 is 1.67 bits per heavy atom. The monoisotopic (exact) mass is 332 g/mol. The zero-order valence-corrected chi connectivity index (χ0v) is 16.1. The number of aliphatic hydroxyl groups excluding tert-OH is 1. The van der Waals surface area contributed by atoms with Crippen molar-refractivity contribution in [2.75, 3.05) is 0 Å². The Bertz CT molecular complexity index is 528. The molecule has 9 atom stereocenters. The van der Waals surface area contributed by atoms with Gasteiger partial charge in [-0.15, -0.1) is 0 Å². The molecule has 0 unspecified atom stereocenters. The van der Waals surface area contributed by atoms with E-state index in [4.69, 9.17) is 0 Å². The highest BCUT2D eigenvalue weighted by molar-refractivity contribution is 5.80. The van der Waals surface area contributed by atoms with Gasteiger partial charge >= 0.3 is 0 Å². The van der Waals surface area contributed by atoms with Crippen LogP contribution in [0.25, 0.3) is 0 Å². The molecule has 0 radical (unpaired) electrons. The zero-order valence-electron chi connectivity index (χ0n) is 16.1. The first-order valence-electron chi connectivity index (χ1n) is 10.5. The van der Waals surface area contributed by atoms with Gasteiger partial charge in [-0.25, -0.2) is 0 Å². The lowest BCUT2D eigenvalue weighted by molar-refractivity contribution is -0.139. The molecule has 2 nitrogen and oxygen atoms in total. The van der Waals surface area contributed by atoms with Crippen molar-refractivity contribution in [2.45, 2.75) is 85.2 Å². The summed E-state index contributed by atoms with van der Waals surface area (Å²) < 4.78 is 0. The van der Waals surface area contributed by atoms with E-state index < -0.39 is 0 Å². The average Bonchev–Trinajstić information content (AvgIpc) is 2.78. The molecular formula is C22H36O2. The third kappa shape index (κ3) is 2.20. The predicted octanol–water partition coefficient (Wildman–Crippen LogP) is 4.84. The Balaban J connectivity index is 1.64. The topological polar surface area (TPSA) is 37.3 Å². The molecule has 1 N–H and O–H groups in total. The van der Waals surface area contributed by atoms with Gasteiger partial charge in [-0.2, -0.15) is 0 Å². The highest BCUT2D eigenvalue weighted by Gasteiger charge is 2.62. The molecule has 0 aromatic heterocycles. The molecule has 4 saturated carbocycles. The number of carbonyl (C=O) groups is 1. The van der Waals surface area contributed by atoms with Crippen LogP contribution in [-0.2, 0) is 4.79 Å². The fourth-order valence-electron chi connectivity index (χ4n) is 8.46. The smallest absolute Gasteiger partial charge is 0.133 e. The molecule has 4 fully saturated rings. The largest absolute Gasteiger partial charge is 0.393 e. The van der Waals surface area contributed by atoms with Crippen LogP contribution in [0.4, 0.5) is 0 Å². The van der Waals surface area contributed by atoms with Crippen LogP contribution in [0, 0.1) is 46.3 Å². The highest BCUT2D eigenvalue weighted by atomic mass is 16.3. The van der Waals surface area contributed by atoms with Crippen molar-refractivity contribution in [3.63, 3.8) is 0 Å². The summed E-state index contributed by atoms with van der Waals surface area (Å²) in [6.45, 7) is 9.16. The number of hydrogen-bond donors (Lipinski definition) is 1. The summed E-state index contributed by atoms with van der Waals surface area (Å²) in [4.78, 5) is 12.4. The van der Waals surface area contributed by atoms with Gasteiger partial charge in [0.05, 0.1) is 6.10 Å². The molecule has 0 bridgehead atoms. The van der Waals surface area contributed by atoms with Crippen LogP contribution in [0.15, 0.2) is 0 Å². The number of carbonyl (C=O) groups excluding carboxylic acids is 1. The van der Waals surface area contributed by atoms with E-state index in [2.05, 4.69) is 20.8 Å². The number of ketones is 1. The van der Waals surface area contributed by atoms with E-state index in [1.54, 1.807) is 0 Å². The van der Waals surface area contributed by atoms with E-state index in [-0.39, 0.29) is 11.5 Å². The number of fused-ring (bicyclic) bond motifs is 5. The molecular weight excluding hydrogens is 296 g/mol. The second kappa shape index (κ2) is 5.56. The standard InChI is InChI=1S/C22H36O2/c1-13-11-19-17-6-5-15-12-16(24)7-9-21(15,3)18(17)8-10-22(19,4)20(13)14(2)23/h13,15-20,24H,5-12H2,1-4H3/t13-,15+,16-,17-,18-,19-,20+,21+,22+/m1/s1. The van der Waals surface area contributed by atoms with Crippen molar-refractivity contribution in [2.24, 2.45) is 46.3 Å². The molecule has 2 heteroatoms. The SMILES string of the molecule is CC(=O)[C@@H]1[C@H](C)C[C@@H]2[C@@H]3CC[C@H]4C[C@H](O)CC[C@]4(C)[C@@H]3CC[C@@]21C. The second-order valence-electron chi connectivity index (χ2n) is 10.4. The van der Waals surface area contributed by atoms with Gasteiger partial charge < -0.3 is 5.11 Å². The van der Waals surface area contributed by atoms with Gasteiger partial charge in [-0.1, -0.05) is 20.8 Å². The summed E-state index contributed by atoms with van der Waals surface area (Å²) in [5.41, 5.74) is 0.699. The molecule has 0 aliphatic heterocycles. The van der Waals surface area contributed by atoms with Crippen LogP contribution in [0.3, 0.4) is 0 Å². The number of hydrogen-bond acceptors (Lipinski definition) is 2. The van der Waals surface area contributed by atoms with E-state index in [9.17, 15) is 9.90 Å².